The van der Waals surface area contributed by atoms with Crippen LogP contribution in [0.15, 0.2) is 24.8 Å². The van der Waals surface area contributed by atoms with E-state index in [0.29, 0.717) is 0 Å². The summed E-state index contributed by atoms with van der Waals surface area (Å²) >= 11 is 0. The van der Waals surface area contributed by atoms with Crippen LogP contribution in [0, 0.1) is 0 Å². The number of nitrogens with zero attached hydrogens (tertiary/aromatic N) is 4. The van der Waals surface area contributed by atoms with Crippen molar-refractivity contribution in [3.8, 4) is 0 Å². The van der Waals surface area contributed by atoms with E-state index < -0.39 is 0 Å². The van der Waals surface area contributed by atoms with Crippen molar-refractivity contribution in [2.75, 3.05) is 52.4 Å². The molecule has 0 amide bonds. The second kappa shape index (κ2) is 8.10. The second-order valence-corrected chi connectivity index (χ2v) is 4.31. The molecule has 0 saturated carbocycles. The maximum absolute atomic E-state index is 3.67. The second-order valence-electron chi connectivity index (χ2n) is 4.31. The van der Waals surface area contributed by atoms with Crippen LogP contribution in [0.25, 0.3) is 0 Å². The van der Waals surface area contributed by atoms with Gasteiger partial charge in [-0.15, -0.1) is 0 Å². The normalized spacial score (nSPS) is 22.0. The van der Waals surface area contributed by atoms with Crippen LogP contribution in [0.2, 0.25) is 0 Å². The summed E-state index contributed by atoms with van der Waals surface area (Å²) < 4.78 is 0. The van der Waals surface area contributed by atoms with Crippen molar-refractivity contribution in [2.45, 2.75) is 0 Å². The zero-order chi connectivity index (χ0) is 12.5. The molecule has 0 spiro atoms. The average Bonchev–Trinajstić information content (AvgIpc) is 2.51. The molecule has 0 radical (unpaired) electrons. The summed E-state index contributed by atoms with van der Waals surface area (Å²) in [6, 6.07) is 1.78. The molecule has 0 aliphatic carbocycles. The molecule has 0 atom stereocenters. The topological polar surface area (TPSA) is 56.3 Å². The molecule has 2 fully saturated rings. The van der Waals surface area contributed by atoms with E-state index in [4.69, 9.17) is 0 Å². The van der Waals surface area contributed by atoms with Crippen LogP contribution in [0.4, 0.5) is 0 Å². The SMILES string of the molecule is C1CN(N2CCNCC2)CCN1.c1cncnc1. The fourth-order valence-corrected chi connectivity index (χ4v) is 2.13. The number of hydrogen-bond acceptors (Lipinski definition) is 6. The van der Waals surface area contributed by atoms with Gasteiger partial charge in [-0.05, 0) is 6.07 Å². The van der Waals surface area contributed by atoms with Crippen molar-refractivity contribution in [1.29, 1.82) is 0 Å². The van der Waals surface area contributed by atoms with Gasteiger partial charge in [0.2, 0.25) is 0 Å². The minimum Gasteiger partial charge on any atom is -0.314 e. The van der Waals surface area contributed by atoms with Gasteiger partial charge in [-0.2, -0.15) is 0 Å². The highest BCUT2D eigenvalue weighted by Gasteiger charge is 2.18. The third kappa shape index (κ3) is 4.66. The first-order chi connectivity index (χ1) is 8.97. The fraction of sp³-hybridized carbons (Fsp3) is 0.667. The Hall–Kier alpha value is -1.08. The van der Waals surface area contributed by atoms with E-state index in [2.05, 4.69) is 30.6 Å². The summed E-state index contributed by atoms with van der Waals surface area (Å²) in [7, 11) is 0. The van der Waals surface area contributed by atoms with Gasteiger partial charge in [-0.1, -0.05) is 0 Å². The summed E-state index contributed by atoms with van der Waals surface area (Å²) in [5.41, 5.74) is 0. The summed E-state index contributed by atoms with van der Waals surface area (Å²) in [6.45, 7) is 9.29. The van der Waals surface area contributed by atoms with Crippen LogP contribution in [-0.2, 0) is 0 Å². The van der Waals surface area contributed by atoms with E-state index in [1.54, 1.807) is 18.5 Å². The minimum atomic E-state index is 1.14. The Morgan fingerprint density at radius 2 is 1.17 bits per heavy atom. The standard InChI is InChI=1S/C8H18N4.C4H4N2/c1-5-11(6-2-9-1)12-7-3-10-4-8-12;1-2-5-4-6-3-1/h9-10H,1-8H2;1-4H. The molecule has 2 saturated heterocycles. The molecular formula is C12H22N6. The number of piperazine rings is 2. The van der Waals surface area contributed by atoms with Crippen LogP contribution in [0.1, 0.15) is 0 Å². The predicted molar refractivity (Wildman–Crippen MR) is 70.9 cm³/mol. The van der Waals surface area contributed by atoms with Crippen LogP contribution < -0.4 is 10.6 Å². The van der Waals surface area contributed by atoms with Gasteiger partial charge >= 0.3 is 0 Å². The summed E-state index contributed by atoms with van der Waals surface area (Å²) in [5.74, 6) is 0. The Balaban J connectivity index is 0.000000169. The van der Waals surface area contributed by atoms with E-state index >= 15 is 0 Å². The lowest BCUT2D eigenvalue weighted by atomic mass is 10.4. The summed E-state index contributed by atoms with van der Waals surface area (Å²) in [6.07, 6.45) is 4.88. The van der Waals surface area contributed by atoms with Crippen molar-refractivity contribution in [1.82, 2.24) is 30.6 Å². The third-order valence-corrected chi connectivity index (χ3v) is 3.06. The molecule has 1 aromatic rings. The molecule has 18 heavy (non-hydrogen) atoms. The molecule has 2 N–H and O–H groups in total. The number of rotatable bonds is 1. The fourth-order valence-electron chi connectivity index (χ4n) is 2.13. The Kier molecular flexibility index (Phi) is 6.01. The van der Waals surface area contributed by atoms with Crippen molar-refractivity contribution < 1.29 is 0 Å². The first kappa shape index (κ1) is 13.4. The van der Waals surface area contributed by atoms with E-state index in [9.17, 15) is 0 Å². The van der Waals surface area contributed by atoms with Gasteiger partial charge in [-0.3, -0.25) is 0 Å². The van der Waals surface area contributed by atoms with Crippen molar-refractivity contribution in [3.05, 3.63) is 24.8 Å². The predicted octanol–water partition coefficient (Wildman–Crippen LogP) is -0.812. The van der Waals surface area contributed by atoms with Gasteiger partial charge in [0.15, 0.2) is 0 Å². The highest BCUT2D eigenvalue weighted by atomic mass is 15.6. The largest absolute Gasteiger partial charge is 0.314 e. The Bertz CT molecular complexity index is 252. The molecule has 6 nitrogen and oxygen atoms in total. The Morgan fingerprint density at radius 3 is 1.44 bits per heavy atom. The van der Waals surface area contributed by atoms with Crippen LogP contribution in [0.3, 0.4) is 0 Å². The maximum atomic E-state index is 3.67. The number of nitrogens with one attached hydrogen (secondary N) is 2. The summed E-state index contributed by atoms with van der Waals surface area (Å²) in [5, 5.41) is 11.7. The zero-order valence-corrected chi connectivity index (χ0v) is 10.8. The number of hydrazine groups is 1. The van der Waals surface area contributed by atoms with Gasteiger partial charge < -0.3 is 10.6 Å². The third-order valence-electron chi connectivity index (χ3n) is 3.06. The molecule has 3 rings (SSSR count). The van der Waals surface area contributed by atoms with E-state index in [1.165, 1.54) is 32.5 Å². The van der Waals surface area contributed by atoms with Crippen LogP contribution >= 0.6 is 0 Å². The quantitative estimate of drug-likeness (QED) is 0.680. The molecule has 2 aliphatic heterocycles. The number of hydrogen-bond donors (Lipinski definition) is 2. The molecule has 2 aliphatic rings. The average molecular weight is 250 g/mol. The van der Waals surface area contributed by atoms with E-state index in [0.717, 1.165) is 26.2 Å². The Labute approximate surface area is 108 Å². The molecule has 100 valence electrons. The maximum Gasteiger partial charge on any atom is 0.115 e. The zero-order valence-electron chi connectivity index (χ0n) is 10.8. The van der Waals surface area contributed by atoms with Crippen molar-refractivity contribution in [3.63, 3.8) is 0 Å². The number of aromatic nitrogens is 2. The van der Waals surface area contributed by atoms with Crippen LogP contribution in [0.5, 0.6) is 0 Å². The monoisotopic (exact) mass is 250 g/mol. The van der Waals surface area contributed by atoms with Gasteiger partial charge in [0.25, 0.3) is 0 Å². The van der Waals surface area contributed by atoms with E-state index in [-0.39, 0.29) is 0 Å². The highest BCUT2D eigenvalue weighted by Crippen LogP contribution is 2.01. The first-order valence-electron chi connectivity index (χ1n) is 6.58. The lowest BCUT2D eigenvalue weighted by Gasteiger charge is -2.39. The first-order valence-corrected chi connectivity index (χ1v) is 6.58. The molecule has 0 aromatic carbocycles. The minimum absolute atomic E-state index is 1.14. The molecule has 0 unspecified atom stereocenters. The summed E-state index contributed by atoms with van der Waals surface area (Å²) in [4.78, 5) is 7.35. The van der Waals surface area contributed by atoms with Gasteiger partial charge in [0.05, 0.1) is 0 Å². The van der Waals surface area contributed by atoms with Gasteiger partial charge in [0, 0.05) is 64.8 Å². The Morgan fingerprint density at radius 1 is 0.722 bits per heavy atom. The van der Waals surface area contributed by atoms with Gasteiger partial charge in [0.1, 0.15) is 6.33 Å². The molecule has 0 bridgehead atoms. The van der Waals surface area contributed by atoms with Gasteiger partial charge in [-0.25, -0.2) is 20.0 Å². The molecule has 1 aromatic heterocycles. The van der Waals surface area contributed by atoms with E-state index in [1.807, 2.05) is 0 Å². The smallest absolute Gasteiger partial charge is 0.115 e. The molecule has 6 heteroatoms. The highest BCUT2D eigenvalue weighted by molar-refractivity contribution is 4.74. The lowest BCUT2D eigenvalue weighted by Crippen LogP contribution is -2.57. The van der Waals surface area contributed by atoms with Crippen LogP contribution in [-0.4, -0.2) is 72.3 Å². The lowest BCUT2D eigenvalue weighted by molar-refractivity contribution is -0.0417. The molecule has 3 heterocycles. The molecular weight excluding hydrogens is 228 g/mol. The van der Waals surface area contributed by atoms with Crippen molar-refractivity contribution in [2.24, 2.45) is 0 Å². The van der Waals surface area contributed by atoms with Crippen molar-refractivity contribution >= 4 is 0 Å².